The van der Waals surface area contributed by atoms with Gasteiger partial charge >= 0.3 is 22.5 Å². The highest BCUT2D eigenvalue weighted by molar-refractivity contribution is 7.81. The van der Waals surface area contributed by atoms with Gasteiger partial charge in [-0.3, -0.25) is 4.55 Å². The summed E-state index contributed by atoms with van der Waals surface area (Å²) in [6, 6.07) is 5.80. The first-order valence-electron chi connectivity index (χ1n) is 7.40. The molecule has 0 saturated carbocycles. The SMILES string of the molecule is COC(=O)c1ccc(/C=C/c2nc(C)nc(C(F)(F)F)c2OS(=O)(=O)O)cc1. The fourth-order valence-electron chi connectivity index (χ4n) is 2.10. The van der Waals surface area contributed by atoms with Crippen LogP contribution in [0.3, 0.4) is 0 Å². The van der Waals surface area contributed by atoms with Crippen molar-refractivity contribution in [1.82, 2.24) is 9.97 Å². The zero-order valence-corrected chi connectivity index (χ0v) is 15.2. The summed E-state index contributed by atoms with van der Waals surface area (Å²) in [5, 5.41) is 0. The van der Waals surface area contributed by atoms with Gasteiger partial charge in [-0.1, -0.05) is 18.2 Å². The van der Waals surface area contributed by atoms with Crippen molar-refractivity contribution >= 4 is 28.5 Å². The minimum atomic E-state index is -5.26. The van der Waals surface area contributed by atoms with E-state index in [1.165, 1.54) is 44.4 Å². The molecule has 0 aliphatic heterocycles. The van der Waals surface area contributed by atoms with Crippen LogP contribution < -0.4 is 4.18 Å². The Morgan fingerprint density at radius 1 is 1.14 bits per heavy atom. The standard InChI is InChI=1S/C16H13F3N2O6S/c1-9-20-12(8-5-10-3-6-11(7-4-10)15(22)26-2)13(27-28(23,24)25)14(21-9)16(17,18)19/h3-8H,1-2H3,(H,23,24,25)/b8-5+. The van der Waals surface area contributed by atoms with Gasteiger partial charge in [0.15, 0.2) is 5.69 Å². The molecule has 0 aliphatic rings. The van der Waals surface area contributed by atoms with Gasteiger partial charge in [-0.2, -0.15) is 21.6 Å². The number of carbonyl (C=O) groups is 1. The highest BCUT2D eigenvalue weighted by atomic mass is 32.3. The van der Waals surface area contributed by atoms with Crippen molar-refractivity contribution in [3.8, 4) is 5.75 Å². The van der Waals surface area contributed by atoms with Crippen molar-refractivity contribution < 1.29 is 39.9 Å². The van der Waals surface area contributed by atoms with Crippen molar-refractivity contribution in [2.24, 2.45) is 0 Å². The number of benzene rings is 1. The molecule has 0 radical (unpaired) electrons. The Bertz CT molecular complexity index is 1020. The molecule has 2 aromatic rings. The van der Waals surface area contributed by atoms with E-state index in [4.69, 9.17) is 4.55 Å². The van der Waals surface area contributed by atoms with Crippen LogP contribution in [-0.4, -0.2) is 36.0 Å². The number of rotatable bonds is 5. The van der Waals surface area contributed by atoms with Crippen molar-refractivity contribution in [2.45, 2.75) is 13.1 Å². The van der Waals surface area contributed by atoms with E-state index in [9.17, 15) is 26.4 Å². The Hall–Kier alpha value is -2.99. The van der Waals surface area contributed by atoms with E-state index in [1.807, 2.05) is 0 Å². The molecule has 0 atom stereocenters. The molecule has 1 heterocycles. The number of hydrogen-bond donors (Lipinski definition) is 1. The molecular weight excluding hydrogens is 405 g/mol. The first-order chi connectivity index (χ1) is 12.9. The molecule has 1 N–H and O–H groups in total. The Labute approximate surface area is 157 Å². The summed E-state index contributed by atoms with van der Waals surface area (Å²) in [5.74, 6) is -2.13. The number of methoxy groups -OCH3 is 1. The summed E-state index contributed by atoms with van der Waals surface area (Å²) >= 11 is 0. The highest BCUT2D eigenvalue weighted by Crippen LogP contribution is 2.37. The third kappa shape index (κ3) is 5.50. The summed E-state index contributed by atoms with van der Waals surface area (Å²) in [5.41, 5.74) is -1.46. The molecular formula is C16H13F3N2O6S. The Kier molecular flexibility index (Phi) is 6.04. The van der Waals surface area contributed by atoms with Gasteiger partial charge < -0.3 is 8.92 Å². The second-order valence-corrected chi connectivity index (χ2v) is 6.31. The normalized spacial score (nSPS) is 12.2. The van der Waals surface area contributed by atoms with Crippen LogP contribution in [0, 0.1) is 6.92 Å². The van der Waals surface area contributed by atoms with E-state index in [0.29, 0.717) is 5.56 Å². The number of hydrogen-bond acceptors (Lipinski definition) is 7. The zero-order chi connectivity index (χ0) is 21.1. The topological polar surface area (TPSA) is 116 Å². The number of halogens is 3. The molecule has 8 nitrogen and oxygen atoms in total. The molecule has 0 saturated heterocycles. The number of aryl methyl sites for hydroxylation is 1. The van der Waals surface area contributed by atoms with Crippen molar-refractivity contribution in [1.29, 1.82) is 0 Å². The van der Waals surface area contributed by atoms with Crippen LogP contribution in [-0.2, 0) is 21.3 Å². The van der Waals surface area contributed by atoms with Crippen LogP contribution in [0.4, 0.5) is 13.2 Å². The van der Waals surface area contributed by atoms with Gasteiger partial charge in [0, 0.05) is 0 Å². The number of esters is 1. The van der Waals surface area contributed by atoms with Gasteiger partial charge in [-0.15, -0.1) is 0 Å². The van der Waals surface area contributed by atoms with Crippen molar-refractivity contribution in [3.63, 3.8) is 0 Å². The van der Waals surface area contributed by atoms with Crippen LogP contribution in [0.5, 0.6) is 5.75 Å². The lowest BCUT2D eigenvalue weighted by Crippen LogP contribution is -2.17. The van der Waals surface area contributed by atoms with Gasteiger partial charge in [-0.25, -0.2) is 14.8 Å². The second-order valence-electron chi connectivity index (χ2n) is 5.29. The number of ether oxygens (including phenoxy) is 1. The number of carbonyl (C=O) groups excluding carboxylic acids is 1. The quantitative estimate of drug-likeness (QED) is 0.582. The molecule has 0 unspecified atom stereocenters. The van der Waals surface area contributed by atoms with Crippen LogP contribution in [0.2, 0.25) is 0 Å². The summed E-state index contributed by atoms with van der Waals surface area (Å²) in [6.07, 6.45) is -2.70. The average molecular weight is 418 g/mol. The van der Waals surface area contributed by atoms with E-state index in [2.05, 4.69) is 18.9 Å². The van der Waals surface area contributed by atoms with Gasteiger partial charge in [0.1, 0.15) is 11.5 Å². The minimum absolute atomic E-state index is 0.257. The number of alkyl halides is 3. The fourth-order valence-corrected chi connectivity index (χ4v) is 2.47. The summed E-state index contributed by atoms with van der Waals surface area (Å²) in [4.78, 5) is 18.3. The monoisotopic (exact) mass is 418 g/mol. The lowest BCUT2D eigenvalue weighted by atomic mass is 10.1. The Morgan fingerprint density at radius 2 is 1.75 bits per heavy atom. The molecule has 0 aliphatic carbocycles. The van der Waals surface area contributed by atoms with Gasteiger partial charge in [0.25, 0.3) is 0 Å². The summed E-state index contributed by atoms with van der Waals surface area (Å²) in [7, 11) is -4.05. The smallest absolute Gasteiger partial charge is 0.446 e. The molecule has 28 heavy (non-hydrogen) atoms. The van der Waals surface area contributed by atoms with E-state index in [1.54, 1.807) is 0 Å². The molecule has 0 spiro atoms. The van der Waals surface area contributed by atoms with Gasteiger partial charge in [0.05, 0.1) is 12.7 Å². The summed E-state index contributed by atoms with van der Waals surface area (Å²) < 4.78 is 78.9. The maximum absolute atomic E-state index is 13.2. The predicted molar refractivity (Wildman–Crippen MR) is 90.7 cm³/mol. The Balaban J connectivity index is 2.50. The number of nitrogens with zero attached hydrogens (tertiary/aromatic N) is 2. The van der Waals surface area contributed by atoms with E-state index < -0.39 is 39.7 Å². The predicted octanol–water partition coefficient (Wildman–Crippen LogP) is 2.94. The van der Waals surface area contributed by atoms with Gasteiger partial charge in [0.2, 0.25) is 5.75 Å². The van der Waals surface area contributed by atoms with Crippen LogP contribution in [0.1, 0.15) is 33.1 Å². The maximum Gasteiger partial charge on any atom is 0.446 e. The lowest BCUT2D eigenvalue weighted by molar-refractivity contribution is -0.142. The molecule has 150 valence electrons. The lowest BCUT2D eigenvalue weighted by Gasteiger charge is -2.13. The largest absolute Gasteiger partial charge is 0.465 e. The van der Waals surface area contributed by atoms with Gasteiger partial charge in [-0.05, 0) is 30.7 Å². The minimum Gasteiger partial charge on any atom is -0.465 e. The number of aromatic nitrogens is 2. The van der Waals surface area contributed by atoms with Crippen LogP contribution in [0.15, 0.2) is 24.3 Å². The molecule has 12 heteroatoms. The van der Waals surface area contributed by atoms with Crippen LogP contribution >= 0.6 is 0 Å². The molecule has 1 aromatic carbocycles. The average Bonchev–Trinajstić information content (AvgIpc) is 2.59. The first-order valence-corrected chi connectivity index (χ1v) is 8.76. The third-order valence-electron chi connectivity index (χ3n) is 3.23. The van der Waals surface area contributed by atoms with E-state index in [-0.39, 0.29) is 11.4 Å². The zero-order valence-electron chi connectivity index (χ0n) is 14.4. The van der Waals surface area contributed by atoms with Crippen LogP contribution in [0.25, 0.3) is 12.2 Å². The maximum atomic E-state index is 13.2. The highest BCUT2D eigenvalue weighted by Gasteiger charge is 2.39. The van der Waals surface area contributed by atoms with Crippen molar-refractivity contribution in [2.75, 3.05) is 7.11 Å². The van der Waals surface area contributed by atoms with Crippen molar-refractivity contribution in [3.05, 3.63) is 52.6 Å². The molecule has 0 fully saturated rings. The molecule has 1 aromatic heterocycles. The van der Waals surface area contributed by atoms with E-state index in [0.717, 1.165) is 6.08 Å². The first kappa shape index (κ1) is 21.3. The fraction of sp³-hybridized carbons (Fsp3) is 0.188. The Morgan fingerprint density at radius 3 is 2.25 bits per heavy atom. The molecule has 0 amide bonds. The second kappa shape index (κ2) is 7.94. The summed E-state index contributed by atoms with van der Waals surface area (Å²) in [6.45, 7) is 1.18. The molecule has 2 rings (SSSR count). The third-order valence-corrected chi connectivity index (χ3v) is 3.60. The van der Waals surface area contributed by atoms with E-state index >= 15 is 0 Å². The molecule has 0 bridgehead atoms.